The highest BCUT2D eigenvalue weighted by molar-refractivity contribution is 6.42. The number of fused-ring (bicyclic) bond motifs is 1. The largest absolute Gasteiger partial charge is 0.329 e. The summed E-state index contributed by atoms with van der Waals surface area (Å²) in [6.07, 6.45) is 2.16. The van der Waals surface area contributed by atoms with Crippen LogP contribution in [0.3, 0.4) is 0 Å². The first-order chi connectivity index (χ1) is 11.0. The van der Waals surface area contributed by atoms with Gasteiger partial charge in [0, 0.05) is 25.4 Å². The Morgan fingerprint density at radius 2 is 2.09 bits per heavy atom. The number of rotatable bonds is 1. The van der Waals surface area contributed by atoms with Gasteiger partial charge in [-0.1, -0.05) is 23.2 Å². The van der Waals surface area contributed by atoms with Crippen LogP contribution in [0, 0.1) is 5.82 Å². The average Bonchev–Trinajstić information content (AvgIpc) is 2.54. The van der Waals surface area contributed by atoms with Crippen LogP contribution in [0.4, 0.5) is 14.9 Å². The van der Waals surface area contributed by atoms with E-state index >= 15 is 0 Å². The van der Waals surface area contributed by atoms with Gasteiger partial charge in [-0.3, -0.25) is 4.79 Å². The molecule has 0 bridgehead atoms. The standard InChI is InChI=1S/C15H12Cl2FN3O2/c16-10-1-2-11(14(18)13(10)17)20-15(23)21-4-3-8-5-12(22)19-6-9(8)7-21/h1-2,5-6H,3-4,7H2,(H,19,22)(H,20,23). The molecule has 2 amide bonds. The van der Waals surface area contributed by atoms with Crippen molar-refractivity contribution < 1.29 is 9.18 Å². The Kier molecular flexibility index (Phi) is 4.28. The number of aromatic nitrogens is 1. The molecule has 5 nitrogen and oxygen atoms in total. The molecule has 0 spiro atoms. The van der Waals surface area contributed by atoms with Crippen LogP contribution in [0.5, 0.6) is 0 Å². The summed E-state index contributed by atoms with van der Waals surface area (Å²) in [7, 11) is 0. The SMILES string of the molecule is O=C(Nc1ccc(Cl)c(Cl)c1F)N1CCc2cc(=O)[nH]cc2C1. The van der Waals surface area contributed by atoms with E-state index in [-0.39, 0.29) is 21.3 Å². The fourth-order valence-electron chi connectivity index (χ4n) is 2.45. The Bertz CT molecular complexity index is 838. The zero-order valence-corrected chi connectivity index (χ0v) is 13.3. The number of H-pyrrole nitrogens is 1. The van der Waals surface area contributed by atoms with Crippen molar-refractivity contribution in [2.75, 3.05) is 11.9 Å². The number of carbonyl (C=O) groups excluding carboxylic acids is 1. The quantitative estimate of drug-likeness (QED) is 0.769. The summed E-state index contributed by atoms with van der Waals surface area (Å²) in [4.78, 5) is 27.7. The monoisotopic (exact) mass is 355 g/mol. The fraction of sp³-hybridized carbons (Fsp3) is 0.200. The number of benzene rings is 1. The summed E-state index contributed by atoms with van der Waals surface area (Å²) in [5, 5.41) is 2.34. The second-order valence-electron chi connectivity index (χ2n) is 5.17. The first kappa shape index (κ1) is 15.8. The van der Waals surface area contributed by atoms with Crippen LogP contribution in [0.15, 0.2) is 29.2 Å². The molecule has 0 saturated heterocycles. The van der Waals surface area contributed by atoms with E-state index in [0.717, 1.165) is 11.1 Å². The number of hydrogen-bond donors (Lipinski definition) is 2. The van der Waals surface area contributed by atoms with E-state index in [9.17, 15) is 14.0 Å². The molecule has 8 heteroatoms. The molecule has 1 aliphatic rings. The van der Waals surface area contributed by atoms with Gasteiger partial charge < -0.3 is 15.2 Å². The number of halogens is 3. The summed E-state index contributed by atoms with van der Waals surface area (Å²) < 4.78 is 14.0. The van der Waals surface area contributed by atoms with E-state index in [4.69, 9.17) is 23.2 Å². The first-order valence-corrected chi connectivity index (χ1v) is 7.61. The second kappa shape index (κ2) is 6.22. The fourth-order valence-corrected chi connectivity index (χ4v) is 2.76. The minimum absolute atomic E-state index is 0.0309. The Hall–Kier alpha value is -2.05. The van der Waals surface area contributed by atoms with E-state index in [1.807, 2.05) is 0 Å². The van der Waals surface area contributed by atoms with Gasteiger partial charge in [-0.2, -0.15) is 0 Å². The number of amides is 2. The summed E-state index contributed by atoms with van der Waals surface area (Å²) >= 11 is 11.4. The number of nitrogens with one attached hydrogen (secondary N) is 2. The summed E-state index contributed by atoms with van der Waals surface area (Å²) in [6, 6.07) is 3.86. The molecule has 2 N–H and O–H groups in total. The molecule has 0 saturated carbocycles. The van der Waals surface area contributed by atoms with Crippen LogP contribution in [0.2, 0.25) is 10.0 Å². The Balaban J connectivity index is 1.76. The number of aromatic amines is 1. The van der Waals surface area contributed by atoms with Gasteiger partial charge in [-0.25, -0.2) is 9.18 Å². The summed E-state index contributed by atoms with van der Waals surface area (Å²) in [5.41, 5.74) is 1.58. The number of urea groups is 1. The average molecular weight is 356 g/mol. The predicted octanol–water partition coefficient (Wildman–Crippen LogP) is 3.41. The lowest BCUT2D eigenvalue weighted by Gasteiger charge is -2.28. The minimum atomic E-state index is -0.769. The van der Waals surface area contributed by atoms with Gasteiger partial charge in [-0.15, -0.1) is 0 Å². The van der Waals surface area contributed by atoms with Crippen LogP contribution < -0.4 is 10.9 Å². The zero-order chi connectivity index (χ0) is 16.6. The summed E-state index contributed by atoms with van der Waals surface area (Å²) in [5.74, 6) is -0.769. The molecule has 2 heterocycles. The number of anilines is 1. The van der Waals surface area contributed by atoms with Crippen LogP contribution in [-0.4, -0.2) is 22.5 Å². The van der Waals surface area contributed by atoms with Crippen molar-refractivity contribution in [3.8, 4) is 0 Å². The van der Waals surface area contributed by atoms with Crippen molar-refractivity contribution in [1.29, 1.82) is 0 Å². The van der Waals surface area contributed by atoms with E-state index in [2.05, 4.69) is 10.3 Å². The normalized spacial score (nSPS) is 13.6. The molecule has 0 radical (unpaired) electrons. The molecule has 23 heavy (non-hydrogen) atoms. The van der Waals surface area contributed by atoms with E-state index in [0.29, 0.717) is 19.5 Å². The zero-order valence-electron chi connectivity index (χ0n) is 11.8. The highest BCUT2D eigenvalue weighted by Crippen LogP contribution is 2.30. The lowest BCUT2D eigenvalue weighted by molar-refractivity contribution is 0.206. The molecule has 1 aromatic carbocycles. The highest BCUT2D eigenvalue weighted by atomic mass is 35.5. The van der Waals surface area contributed by atoms with Gasteiger partial charge in [0.05, 0.1) is 15.7 Å². The van der Waals surface area contributed by atoms with Gasteiger partial charge in [0.1, 0.15) is 0 Å². The molecule has 1 aliphatic heterocycles. The molecule has 3 rings (SSSR count). The van der Waals surface area contributed by atoms with Crippen molar-refractivity contribution in [1.82, 2.24) is 9.88 Å². The van der Waals surface area contributed by atoms with E-state index < -0.39 is 11.8 Å². The molecule has 120 valence electrons. The Morgan fingerprint density at radius 1 is 1.30 bits per heavy atom. The Morgan fingerprint density at radius 3 is 2.87 bits per heavy atom. The smallest absolute Gasteiger partial charge is 0.322 e. The molecule has 0 unspecified atom stereocenters. The van der Waals surface area contributed by atoms with E-state index in [1.54, 1.807) is 6.20 Å². The summed E-state index contributed by atoms with van der Waals surface area (Å²) in [6.45, 7) is 0.770. The first-order valence-electron chi connectivity index (χ1n) is 6.85. The van der Waals surface area contributed by atoms with Crippen molar-refractivity contribution in [2.45, 2.75) is 13.0 Å². The van der Waals surface area contributed by atoms with Crippen molar-refractivity contribution in [2.24, 2.45) is 0 Å². The van der Waals surface area contributed by atoms with Gasteiger partial charge in [0.15, 0.2) is 5.82 Å². The second-order valence-corrected chi connectivity index (χ2v) is 5.96. The molecular weight excluding hydrogens is 344 g/mol. The number of pyridine rings is 1. The molecule has 0 atom stereocenters. The van der Waals surface area contributed by atoms with Gasteiger partial charge in [0.25, 0.3) is 0 Å². The number of hydrogen-bond acceptors (Lipinski definition) is 2. The number of nitrogens with zero attached hydrogens (tertiary/aromatic N) is 1. The maximum absolute atomic E-state index is 14.0. The maximum atomic E-state index is 14.0. The highest BCUT2D eigenvalue weighted by Gasteiger charge is 2.22. The van der Waals surface area contributed by atoms with Gasteiger partial charge in [0.2, 0.25) is 5.56 Å². The van der Waals surface area contributed by atoms with Crippen molar-refractivity contribution >= 4 is 34.9 Å². The lowest BCUT2D eigenvalue weighted by Crippen LogP contribution is -2.39. The molecule has 1 aromatic heterocycles. The minimum Gasteiger partial charge on any atom is -0.329 e. The maximum Gasteiger partial charge on any atom is 0.322 e. The third-order valence-electron chi connectivity index (χ3n) is 3.68. The topological polar surface area (TPSA) is 65.2 Å². The van der Waals surface area contributed by atoms with Gasteiger partial charge >= 0.3 is 6.03 Å². The van der Waals surface area contributed by atoms with Crippen LogP contribution in [0.1, 0.15) is 11.1 Å². The van der Waals surface area contributed by atoms with Crippen LogP contribution in [0.25, 0.3) is 0 Å². The van der Waals surface area contributed by atoms with Crippen molar-refractivity contribution in [3.05, 3.63) is 61.7 Å². The van der Waals surface area contributed by atoms with Gasteiger partial charge in [-0.05, 0) is 29.7 Å². The van der Waals surface area contributed by atoms with E-state index in [1.165, 1.54) is 23.1 Å². The third-order valence-corrected chi connectivity index (χ3v) is 4.46. The van der Waals surface area contributed by atoms with Crippen molar-refractivity contribution in [3.63, 3.8) is 0 Å². The lowest BCUT2D eigenvalue weighted by atomic mass is 10.0. The van der Waals surface area contributed by atoms with Crippen LogP contribution >= 0.6 is 23.2 Å². The Labute approximate surface area is 141 Å². The van der Waals surface area contributed by atoms with Crippen LogP contribution in [-0.2, 0) is 13.0 Å². The predicted molar refractivity (Wildman–Crippen MR) is 86.6 cm³/mol. The third kappa shape index (κ3) is 3.18. The molecular formula is C15H12Cl2FN3O2. The molecule has 0 fully saturated rings. The molecule has 2 aromatic rings. The molecule has 0 aliphatic carbocycles. The number of carbonyl (C=O) groups is 1.